The molecule has 0 bridgehead atoms. The van der Waals surface area contributed by atoms with Crippen molar-refractivity contribution in [2.24, 2.45) is 5.73 Å². The van der Waals surface area contributed by atoms with Crippen molar-refractivity contribution in [2.45, 2.75) is 18.6 Å². The van der Waals surface area contributed by atoms with Gasteiger partial charge in [-0.25, -0.2) is 0 Å². The van der Waals surface area contributed by atoms with E-state index in [-0.39, 0.29) is 17.0 Å². The highest BCUT2D eigenvalue weighted by atomic mass is 35.5. The molecule has 16 heavy (non-hydrogen) atoms. The first-order valence-corrected chi connectivity index (χ1v) is 4.72. The van der Waals surface area contributed by atoms with Gasteiger partial charge in [-0.05, 0) is 23.8 Å². The van der Waals surface area contributed by atoms with E-state index >= 15 is 0 Å². The molecule has 1 aromatic carbocycles. The van der Waals surface area contributed by atoms with Crippen molar-refractivity contribution in [3.8, 4) is 6.07 Å². The van der Waals surface area contributed by atoms with Crippen molar-refractivity contribution in [1.29, 1.82) is 5.26 Å². The number of hydrogen-bond donors (Lipinski definition) is 1. The van der Waals surface area contributed by atoms with E-state index in [2.05, 4.69) is 0 Å². The molecule has 86 valence electrons. The molecule has 0 spiro atoms. The lowest BCUT2D eigenvalue weighted by molar-refractivity contribution is -0.137. The summed E-state index contributed by atoms with van der Waals surface area (Å²) in [7, 11) is 0. The summed E-state index contributed by atoms with van der Waals surface area (Å²) in [6.07, 6.45) is -4.52. The predicted molar refractivity (Wildman–Crippen MR) is 53.6 cm³/mol. The number of rotatable bonds is 2. The van der Waals surface area contributed by atoms with Crippen LogP contribution in [0.5, 0.6) is 0 Å². The molecule has 0 saturated heterocycles. The van der Waals surface area contributed by atoms with Gasteiger partial charge >= 0.3 is 6.18 Å². The summed E-state index contributed by atoms with van der Waals surface area (Å²) in [5, 5.41) is 8.37. The third-order valence-electron chi connectivity index (χ3n) is 1.99. The molecule has 1 rings (SSSR count). The Bertz CT molecular complexity index is 423. The fourth-order valence-electron chi connectivity index (χ4n) is 1.21. The van der Waals surface area contributed by atoms with Gasteiger partial charge < -0.3 is 5.73 Å². The first kappa shape index (κ1) is 12.8. The fraction of sp³-hybridized carbons (Fsp3) is 0.300. The zero-order valence-corrected chi connectivity index (χ0v) is 8.81. The lowest BCUT2D eigenvalue weighted by Gasteiger charge is -2.12. The number of nitrogens with zero attached hydrogens (tertiary/aromatic N) is 1. The Morgan fingerprint density at radius 1 is 1.38 bits per heavy atom. The average molecular weight is 249 g/mol. The van der Waals surface area contributed by atoms with Crippen molar-refractivity contribution >= 4 is 11.6 Å². The van der Waals surface area contributed by atoms with Crippen molar-refractivity contribution in [1.82, 2.24) is 0 Å². The van der Waals surface area contributed by atoms with Gasteiger partial charge in [0.2, 0.25) is 0 Å². The van der Waals surface area contributed by atoms with Crippen LogP contribution in [0.3, 0.4) is 0 Å². The van der Waals surface area contributed by atoms with E-state index in [0.29, 0.717) is 0 Å². The van der Waals surface area contributed by atoms with Crippen molar-refractivity contribution in [2.75, 3.05) is 0 Å². The van der Waals surface area contributed by atoms with E-state index in [0.717, 1.165) is 12.1 Å². The number of alkyl halides is 3. The van der Waals surface area contributed by atoms with Crippen LogP contribution in [0.1, 0.15) is 23.6 Å². The molecule has 0 aliphatic rings. The zero-order chi connectivity index (χ0) is 12.3. The molecule has 0 aliphatic carbocycles. The highest BCUT2D eigenvalue weighted by Gasteiger charge is 2.31. The van der Waals surface area contributed by atoms with Crippen molar-refractivity contribution in [3.63, 3.8) is 0 Å². The summed E-state index contributed by atoms with van der Waals surface area (Å²) in [6.45, 7) is 0. The predicted octanol–water partition coefficient (Wildman–Crippen LogP) is 3.27. The molecule has 0 amide bonds. The summed E-state index contributed by atoms with van der Waals surface area (Å²) in [6, 6.07) is 4.10. The summed E-state index contributed by atoms with van der Waals surface area (Å²) < 4.78 is 37.3. The quantitative estimate of drug-likeness (QED) is 0.873. The van der Waals surface area contributed by atoms with E-state index in [9.17, 15) is 13.2 Å². The van der Waals surface area contributed by atoms with Gasteiger partial charge in [0.05, 0.1) is 18.1 Å². The van der Waals surface area contributed by atoms with Crippen molar-refractivity contribution in [3.05, 3.63) is 34.3 Å². The minimum atomic E-state index is -4.47. The Labute approximate surface area is 95.4 Å². The van der Waals surface area contributed by atoms with Crippen LogP contribution >= 0.6 is 11.6 Å². The second kappa shape index (κ2) is 4.73. The largest absolute Gasteiger partial charge is 0.416 e. The molecule has 0 fully saturated rings. The van der Waals surface area contributed by atoms with Gasteiger partial charge in [-0.1, -0.05) is 11.6 Å². The Morgan fingerprint density at radius 2 is 2.00 bits per heavy atom. The number of nitriles is 1. The Morgan fingerprint density at radius 3 is 2.50 bits per heavy atom. The van der Waals surface area contributed by atoms with Crippen LogP contribution in [0, 0.1) is 11.3 Å². The lowest BCUT2D eigenvalue weighted by atomic mass is 10.0. The molecule has 0 heterocycles. The fourth-order valence-corrected chi connectivity index (χ4v) is 1.45. The summed E-state index contributed by atoms with van der Waals surface area (Å²) in [5.41, 5.74) is 4.89. The zero-order valence-electron chi connectivity index (χ0n) is 8.05. The topological polar surface area (TPSA) is 49.8 Å². The van der Waals surface area contributed by atoms with Gasteiger partial charge in [0, 0.05) is 11.1 Å². The second-order valence-corrected chi connectivity index (χ2v) is 3.68. The van der Waals surface area contributed by atoms with Gasteiger partial charge in [-0.15, -0.1) is 0 Å². The maximum atomic E-state index is 12.4. The molecule has 1 atom stereocenters. The number of nitrogens with two attached hydrogens (primary N) is 1. The monoisotopic (exact) mass is 248 g/mol. The van der Waals surface area contributed by atoms with Crippen LogP contribution in [0.15, 0.2) is 18.2 Å². The highest BCUT2D eigenvalue weighted by molar-refractivity contribution is 6.30. The molecule has 0 radical (unpaired) electrons. The van der Waals surface area contributed by atoms with Crippen LogP contribution in [0.4, 0.5) is 13.2 Å². The van der Waals surface area contributed by atoms with Gasteiger partial charge in [0.25, 0.3) is 0 Å². The maximum Gasteiger partial charge on any atom is 0.416 e. The summed E-state index contributed by atoms with van der Waals surface area (Å²) >= 11 is 5.56. The molecule has 2 nitrogen and oxygen atoms in total. The van der Waals surface area contributed by atoms with Gasteiger partial charge in [-0.3, -0.25) is 0 Å². The van der Waals surface area contributed by atoms with E-state index in [4.69, 9.17) is 22.6 Å². The molecule has 1 aromatic rings. The van der Waals surface area contributed by atoms with Crippen LogP contribution in [0.2, 0.25) is 5.02 Å². The lowest BCUT2D eigenvalue weighted by Crippen LogP contribution is -2.12. The molecule has 0 aromatic heterocycles. The first-order chi connectivity index (χ1) is 7.34. The van der Waals surface area contributed by atoms with Crippen LogP contribution < -0.4 is 5.73 Å². The SMILES string of the molecule is N#CC[C@H](N)c1cc(Cl)cc(C(F)(F)F)c1. The minimum absolute atomic E-state index is 0.0433. The van der Waals surface area contributed by atoms with Crippen LogP contribution in [-0.2, 0) is 6.18 Å². The second-order valence-electron chi connectivity index (χ2n) is 3.24. The van der Waals surface area contributed by atoms with E-state index in [1.165, 1.54) is 6.07 Å². The van der Waals surface area contributed by atoms with Crippen LogP contribution in [-0.4, -0.2) is 0 Å². The van der Waals surface area contributed by atoms with Crippen molar-refractivity contribution < 1.29 is 13.2 Å². The van der Waals surface area contributed by atoms with E-state index < -0.39 is 17.8 Å². The van der Waals surface area contributed by atoms with Gasteiger partial charge in [0.15, 0.2) is 0 Å². The standard InChI is InChI=1S/C10H8ClF3N2/c11-8-4-6(9(16)1-2-15)3-7(5-8)10(12,13)14/h3-5,9H,1,16H2/t9-/m0/s1. The molecule has 6 heteroatoms. The van der Waals surface area contributed by atoms with Gasteiger partial charge in [-0.2, -0.15) is 18.4 Å². The van der Waals surface area contributed by atoms with E-state index in [1.807, 2.05) is 0 Å². The summed E-state index contributed by atoms with van der Waals surface area (Å²) in [4.78, 5) is 0. The third kappa shape index (κ3) is 3.12. The number of halogens is 4. The smallest absolute Gasteiger partial charge is 0.323 e. The highest BCUT2D eigenvalue weighted by Crippen LogP contribution is 2.33. The summed E-state index contributed by atoms with van der Waals surface area (Å²) in [5.74, 6) is 0. The first-order valence-electron chi connectivity index (χ1n) is 4.35. The van der Waals surface area contributed by atoms with Gasteiger partial charge in [0.1, 0.15) is 0 Å². The molecular formula is C10H8ClF3N2. The molecule has 0 saturated carbocycles. The maximum absolute atomic E-state index is 12.4. The number of benzene rings is 1. The normalized spacial score (nSPS) is 13.2. The Kier molecular flexibility index (Phi) is 3.79. The molecule has 0 unspecified atom stereocenters. The molecule has 2 N–H and O–H groups in total. The molecular weight excluding hydrogens is 241 g/mol. The third-order valence-corrected chi connectivity index (χ3v) is 2.21. The minimum Gasteiger partial charge on any atom is -0.323 e. The molecule has 0 aliphatic heterocycles. The van der Waals surface area contributed by atoms with Crippen LogP contribution in [0.25, 0.3) is 0 Å². The van der Waals surface area contributed by atoms with E-state index in [1.54, 1.807) is 6.07 Å². The Balaban J connectivity index is 3.14. The Hall–Kier alpha value is -1.25. The number of hydrogen-bond acceptors (Lipinski definition) is 2. The average Bonchev–Trinajstić information content (AvgIpc) is 2.16.